The number of carbonyl (C=O) groups is 1. The standard InChI is InChI=1S/C24H17N3OS/c25-15-20-14-19-8-4-5-9-22(19)27-24(20)29-16-23(28)26-21-12-10-18(11-13-21)17-6-2-1-3-7-17/h1-14H,16H2,(H,26,28). The molecule has 0 spiro atoms. The molecule has 4 aromatic rings. The summed E-state index contributed by atoms with van der Waals surface area (Å²) in [6, 6.07) is 29.4. The molecular weight excluding hydrogens is 378 g/mol. The molecule has 0 atom stereocenters. The number of nitrogens with zero attached hydrogens (tertiary/aromatic N) is 2. The Hall–Kier alpha value is -3.62. The lowest BCUT2D eigenvalue weighted by Crippen LogP contribution is -2.14. The second kappa shape index (κ2) is 8.59. The molecule has 140 valence electrons. The number of benzene rings is 3. The van der Waals surface area contributed by atoms with Crippen molar-refractivity contribution in [3.8, 4) is 17.2 Å². The highest BCUT2D eigenvalue weighted by Crippen LogP contribution is 2.25. The third-order valence-corrected chi connectivity index (χ3v) is 5.42. The molecule has 0 saturated carbocycles. The monoisotopic (exact) mass is 395 g/mol. The first-order valence-electron chi connectivity index (χ1n) is 9.11. The zero-order valence-corrected chi connectivity index (χ0v) is 16.3. The number of nitrogens with one attached hydrogen (secondary N) is 1. The van der Waals surface area contributed by atoms with Crippen LogP contribution in [0.2, 0.25) is 0 Å². The molecule has 1 N–H and O–H groups in total. The average molecular weight is 395 g/mol. The number of amides is 1. The van der Waals surface area contributed by atoms with Gasteiger partial charge in [0, 0.05) is 11.1 Å². The van der Waals surface area contributed by atoms with Crippen molar-refractivity contribution >= 4 is 34.3 Å². The molecule has 5 heteroatoms. The molecule has 0 bridgehead atoms. The Morgan fingerprint density at radius 1 is 0.931 bits per heavy atom. The van der Waals surface area contributed by atoms with Gasteiger partial charge in [-0.1, -0.05) is 72.4 Å². The van der Waals surface area contributed by atoms with Crippen molar-refractivity contribution in [1.82, 2.24) is 4.98 Å². The van der Waals surface area contributed by atoms with Crippen LogP contribution in [-0.4, -0.2) is 16.6 Å². The molecule has 0 aliphatic carbocycles. The first-order valence-corrected chi connectivity index (χ1v) is 10.1. The van der Waals surface area contributed by atoms with Crippen LogP contribution in [0, 0.1) is 11.3 Å². The van der Waals surface area contributed by atoms with E-state index in [1.165, 1.54) is 11.8 Å². The number of fused-ring (bicyclic) bond motifs is 1. The Bertz CT molecular complexity index is 1200. The molecule has 29 heavy (non-hydrogen) atoms. The van der Waals surface area contributed by atoms with E-state index < -0.39 is 0 Å². The highest BCUT2D eigenvalue weighted by molar-refractivity contribution is 8.00. The van der Waals surface area contributed by atoms with Crippen molar-refractivity contribution < 1.29 is 4.79 Å². The molecule has 0 aliphatic heterocycles. The number of hydrogen-bond donors (Lipinski definition) is 1. The number of hydrogen-bond acceptors (Lipinski definition) is 4. The third kappa shape index (κ3) is 4.45. The Morgan fingerprint density at radius 3 is 2.38 bits per heavy atom. The molecule has 4 nitrogen and oxygen atoms in total. The number of nitriles is 1. The smallest absolute Gasteiger partial charge is 0.234 e. The van der Waals surface area contributed by atoms with E-state index in [-0.39, 0.29) is 11.7 Å². The Morgan fingerprint density at radius 2 is 1.62 bits per heavy atom. The fourth-order valence-electron chi connectivity index (χ4n) is 3.00. The topological polar surface area (TPSA) is 65.8 Å². The molecule has 4 rings (SSSR count). The van der Waals surface area contributed by atoms with Crippen LogP contribution < -0.4 is 5.32 Å². The van der Waals surface area contributed by atoms with Crippen molar-refractivity contribution in [2.45, 2.75) is 5.03 Å². The molecular formula is C24H17N3OS. The molecule has 3 aromatic carbocycles. The predicted molar refractivity (Wildman–Crippen MR) is 118 cm³/mol. The van der Waals surface area contributed by atoms with Crippen LogP contribution in [0.1, 0.15) is 5.56 Å². The lowest BCUT2D eigenvalue weighted by Gasteiger charge is -2.08. The summed E-state index contributed by atoms with van der Waals surface area (Å²) >= 11 is 1.27. The van der Waals surface area contributed by atoms with Gasteiger partial charge in [-0.3, -0.25) is 4.79 Å². The van der Waals surface area contributed by atoms with Gasteiger partial charge in [-0.2, -0.15) is 5.26 Å². The minimum absolute atomic E-state index is 0.138. The van der Waals surface area contributed by atoms with Crippen LogP contribution in [0.4, 0.5) is 5.69 Å². The van der Waals surface area contributed by atoms with E-state index in [1.807, 2.05) is 84.9 Å². The van der Waals surface area contributed by atoms with Crippen LogP contribution in [0.3, 0.4) is 0 Å². The largest absolute Gasteiger partial charge is 0.325 e. The summed E-state index contributed by atoms with van der Waals surface area (Å²) in [5, 5.41) is 13.8. The molecule has 0 aliphatic rings. The zero-order valence-electron chi connectivity index (χ0n) is 15.5. The fourth-order valence-corrected chi connectivity index (χ4v) is 3.76. The average Bonchev–Trinajstić information content (AvgIpc) is 2.78. The highest BCUT2D eigenvalue weighted by atomic mass is 32.2. The molecule has 0 fully saturated rings. The first kappa shape index (κ1) is 18.7. The summed E-state index contributed by atoms with van der Waals surface area (Å²) in [4.78, 5) is 16.9. The van der Waals surface area contributed by atoms with E-state index in [1.54, 1.807) is 0 Å². The molecule has 0 unspecified atom stereocenters. The van der Waals surface area contributed by atoms with Gasteiger partial charge in [-0.15, -0.1) is 0 Å². The number of aromatic nitrogens is 1. The number of carbonyl (C=O) groups excluding carboxylic acids is 1. The highest BCUT2D eigenvalue weighted by Gasteiger charge is 2.10. The SMILES string of the molecule is N#Cc1cc2ccccc2nc1SCC(=O)Nc1ccc(-c2ccccc2)cc1. The number of thioether (sulfide) groups is 1. The predicted octanol–water partition coefficient (Wildman–Crippen LogP) is 5.50. The summed E-state index contributed by atoms with van der Waals surface area (Å²) in [5.74, 6) is 0.0433. The minimum Gasteiger partial charge on any atom is -0.325 e. The zero-order chi connectivity index (χ0) is 20.1. The van der Waals surface area contributed by atoms with Gasteiger partial charge in [0.15, 0.2) is 0 Å². The van der Waals surface area contributed by atoms with Crippen molar-refractivity contribution in [2.75, 3.05) is 11.1 Å². The van der Waals surface area contributed by atoms with Gasteiger partial charge < -0.3 is 5.32 Å². The summed E-state index contributed by atoms with van der Waals surface area (Å²) < 4.78 is 0. The van der Waals surface area contributed by atoms with Crippen LogP contribution >= 0.6 is 11.8 Å². The van der Waals surface area contributed by atoms with E-state index in [0.29, 0.717) is 10.6 Å². The normalized spacial score (nSPS) is 10.4. The van der Waals surface area contributed by atoms with Gasteiger partial charge in [0.25, 0.3) is 0 Å². The third-order valence-electron chi connectivity index (χ3n) is 4.43. The van der Waals surface area contributed by atoms with Gasteiger partial charge in [-0.05, 0) is 35.4 Å². The van der Waals surface area contributed by atoms with Crippen molar-refractivity contribution in [1.29, 1.82) is 5.26 Å². The van der Waals surface area contributed by atoms with Crippen LogP contribution in [-0.2, 0) is 4.79 Å². The lowest BCUT2D eigenvalue weighted by atomic mass is 10.1. The van der Waals surface area contributed by atoms with Crippen molar-refractivity contribution in [3.63, 3.8) is 0 Å². The van der Waals surface area contributed by atoms with Gasteiger partial charge in [0.05, 0.1) is 16.8 Å². The van der Waals surface area contributed by atoms with Gasteiger partial charge in [0.1, 0.15) is 11.1 Å². The molecule has 0 radical (unpaired) electrons. The van der Waals surface area contributed by atoms with E-state index in [4.69, 9.17) is 0 Å². The second-order valence-corrected chi connectivity index (χ2v) is 7.39. The maximum Gasteiger partial charge on any atom is 0.234 e. The quantitative estimate of drug-likeness (QED) is 0.453. The summed E-state index contributed by atoms with van der Waals surface area (Å²) in [6.07, 6.45) is 0. The van der Waals surface area contributed by atoms with Crippen LogP contribution in [0.15, 0.2) is 90.0 Å². The van der Waals surface area contributed by atoms with Gasteiger partial charge >= 0.3 is 0 Å². The maximum atomic E-state index is 12.4. The number of para-hydroxylation sites is 1. The summed E-state index contributed by atoms with van der Waals surface area (Å²) in [6.45, 7) is 0. The van der Waals surface area contributed by atoms with Crippen LogP contribution in [0.5, 0.6) is 0 Å². The minimum atomic E-state index is -0.138. The Balaban J connectivity index is 1.42. The van der Waals surface area contributed by atoms with E-state index >= 15 is 0 Å². The van der Waals surface area contributed by atoms with E-state index in [9.17, 15) is 10.1 Å². The number of anilines is 1. The molecule has 1 heterocycles. The lowest BCUT2D eigenvalue weighted by molar-refractivity contribution is -0.113. The van der Waals surface area contributed by atoms with Gasteiger partial charge in [0.2, 0.25) is 5.91 Å². The van der Waals surface area contributed by atoms with Crippen molar-refractivity contribution in [2.24, 2.45) is 0 Å². The van der Waals surface area contributed by atoms with Crippen molar-refractivity contribution in [3.05, 3.63) is 90.5 Å². The van der Waals surface area contributed by atoms with Gasteiger partial charge in [-0.25, -0.2) is 4.98 Å². The summed E-state index contributed by atoms with van der Waals surface area (Å²) in [5.41, 5.74) is 4.26. The maximum absolute atomic E-state index is 12.4. The second-order valence-electron chi connectivity index (χ2n) is 6.43. The van der Waals surface area contributed by atoms with E-state index in [2.05, 4.69) is 16.4 Å². The Kier molecular flexibility index (Phi) is 5.55. The fraction of sp³-hybridized carbons (Fsp3) is 0.0417. The number of rotatable bonds is 5. The number of pyridine rings is 1. The van der Waals surface area contributed by atoms with Crippen LogP contribution in [0.25, 0.3) is 22.0 Å². The Labute approximate surface area is 173 Å². The van der Waals surface area contributed by atoms with E-state index in [0.717, 1.165) is 27.7 Å². The molecule has 1 amide bonds. The molecule has 0 saturated heterocycles. The molecule has 1 aromatic heterocycles. The summed E-state index contributed by atoms with van der Waals surface area (Å²) in [7, 11) is 0. The first-order chi connectivity index (χ1) is 14.2.